The highest BCUT2D eigenvalue weighted by Gasteiger charge is 2.18. The van der Waals surface area contributed by atoms with Crippen molar-refractivity contribution in [3.05, 3.63) is 53.9 Å². The Bertz CT molecular complexity index is 931. The quantitative estimate of drug-likeness (QED) is 0.752. The van der Waals surface area contributed by atoms with Crippen molar-refractivity contribution in [2.45, 2.75) is 0 Å². The Morgan fingerprint density at radius 2 is 1.88 bits per heavy atom. The maximum atomic E-state index is 12.1. The first kappa shape index (κ1) is 16.3. The average molecular weight is 337 g/mol. The van der Waals surface area contributed by atoms with Gasteiger partial charge in [-0.2, -0.15) is 10.3 Å². The van der Waals surface area contributed by atoms with Crippen LogP contribution in [-0.4, -0.2) is 56.4 Å². The summed E-state index contributed by atoms with van der Waals surface area (Å²) in [4.78, 5) is 29.0. The van der Waals surface area contributed by atoms with Crippen molar-refractivity contribution in [2.75, 3.05) is 14.1 Å². The Balaban J connectivity index is 1.93. The molecule has 126 valence electrons. The predicted molar refractivity (Wildman–Crippen MR) is 90.0 cm³/mol. The minimum absolute atomic E-state index is 0.0832. The maximum Gasteiger partial charge on any atom is 0.358 e. The average Bonchev–Trinajstić information content (AvgIpc) is 3.11. The van der Waals surface area contributed by atoms with E-state index in [0.717, 1.165) is 11.1 Å². The van der Waals surface area contributed by atoms with E-state index in [1.165, 1.54) is 4.90 Å². The van der Waals surface area contributed by atoms with Crippen molar-refractivity contribution < 1.29 is 14.7 Å². The number of aromatic carboxylic acids is 1. The van der Waals surface area contributed by atoms with Gasteiger partial charge in [0.2, 0.25) is 0 Å². The van der Waals surface area contributed by atoms with Crippen LogP contribution in [0.2, 0.25) is 0 Å². The highest BCUT2D eigenvalue weighted by atomic mass is 16.4. The Kier molecular flexibility index (Phi) is 4.25. The molecule has 1 aromatic carbocycles. The van der Waals surface area contributed by atoms with Crippen LogP contribution in [0.5, 0.6) is 0 Å². The lowest BCUT2D eigenvalue weighted by Gasteiger charge is -2.11. The van der Waals surface area contributed by atoms with Gasteiger partial charge in [0.15, 0.2) is 5.69 Å². The van der Waals surface area contributed by atoms with Gasteiger partial charge in [-0.25, -0.2) is 4.79 Å². The van der Waals surface area contributed by atoms with Crippen molar-refractivity contribution in [3.8, 4) is 22.5 Å². The molecule has 0 fully saturated rings. The molecular weight excluding hydrogens is 322 g/mol. The molecule has 8 heteroatoms. The first-order valence-electron chi connectivity index (χ1n) is 7.40. The van der Waals surface area contributed by atoms with Gasteiger partial charge in [0.1, 0.15) is 5.69 Å². The number of aromatic nitrogens is 4. The molecule has 3 rings (SSSR count). The molecule has 1 amide bonds. The maximum absolute atomic E-state index is 12.1. The number of pyridine rings is 1. The van der Waals surface area contributed by atoms with E-state index in [1.54, 1.807) is 50.6 Å². The third kappa shape index (κ3) is 3.23. The largest absolute Gasteiger partial charge is 0.476 e. The van der Waals surface area contributed by atoms with Crippen LogP contribution in [0.15, 0.2) is 42.6 Å². The van der Waals surface area contributed by atoms with Gasteiger partial charge in [-0.3, -0.25) is 9.78 Å². The number of rotatable bonds is 4. The number of hydrogen-bond donors (Lipinski definition) is 2. The fraction of sp³-hybridized carbons (Fsp3) is 0.118. The molecule has 0 radical (unpaired) electrons. The second-order valence-electron chi connectivity index (χ2n) is 5.54. The summed E-state index contributed by atoms with van der Waals surface area (Å²) < 4.78 is 0. The summed E-state index contributed by atoms with van der Waals surface area (Å²) in [6.45, 7) is 0. The van der Waals surface area contributed by atoms with Crippen LogP contribution in [0.3, 0.4) is 0 Å². The number of nitrogens with one attached hydrogen (secondary N) is 1. The predicted octanol–water partition coefficient (Wildman–Crippen LogP) is 1.93. The van der Waals surface area contributed by atoms with Crippen molar-refractivity contribution in [1.82, 2.24) is 25.3 Å². The first-order valence-corrected chi connectivity index (χ1v) is 7.40. The zero-order valence-electron chi connectivity index (χ0n) is 13.6. The summed E-state index contributed by atoms with van der Waals surface area (Å²) >= 11 is 0. The van der Waals surface area contributed by atoms with Gasteiger partial charge in [0, 0.05) is 31.4 Å². The molecule has 0 aliphatic carbocycles. The molecule has 0 aliphatic heterocycles. The monoisotopic (exact) mass is 337 g/mol. The highest BCUT2D eigenvalue weighted by molar-refractivity contribution is 5.95. The van der Waals surface area contributed by atoms with Crippen LogP contribution in [0.1, 0.15) is 20.8 Å². The van der Waals surface area contributed by atoms with E-state index in [9.17, 15) is 9.59 Å². The number of carboxylic acid groups (broad SMARTS) is 1. The Morgan fingerprint density at radius 3 is 2.52 bits per heavy atom. The normalized spacial score (nSPS) is 10.5. The molecule has 25 heavy (non-hydrogen) atoms. The van der Waals surface area contributed by atoms with Crippen LogP contribution in [0.25, 0.3) is 22.5 Å². The van der Waals surface area contributed by atoms with Gasteiger partial charge in [0.05, 0.1) is 5.69 Å². The number of carbonyl (C=O) groups excluding carboxylic acids is 1. The third-order valence-corrected chi connectivity index (χ3v) is 3.61. The van der Waals surface area contributed by atoms with E-state index in [-0.39, 0.29) is 17.3 Å². The summed E-state index contributed by atoms with van der Waals surface area (Å²) in [5, 5.41) is 18.8. The Hall–Kier alpha value is -3.55. The second-order valence-corrected chi connectivity index (χ2v) is 5.54. The first-order chi connectivity index (χ1) is 12.0. The SMILES string of the molecule is CN(C)C(=O)c1cccc(-c2ccc(-c3n[nH]nc3C(=O)O)nc2)c1. The molecule has 2 aromatic heterocycles. The lowest BCUT2D eigenvalue weighted by Crippen LogP contribution is -2.21. The van der Waals surface area contributed by atoms with Crippen molar-refractivity contribution in [1.29, 1.82) is 0 Å². The fourth-order valence-electron chi connectivity index (χ4n) is 2.35. The van der Waals surface area contributed by atoms with Crippen LogP contribution in [-0.2, 0) is 0 Å². The van der Waals surface area contributed by atoms with Crippen molar-refractivity contribution in [3.63, 3.8) is 0 Å². The molecule has 0 saturated carbocycles. The summed E-state index contributed by atoms with van der Waals surface area (Å²) in [6.07, 6.45) is 1.61. The standard InChI is InChI=1S/C17H15N5O3/c1-22(2)16(23)11-5-3-4-10(8-11)12-6-7-13(18-9-12)14-15(17(24)25)20-21-19-14/h3-9H,1-2H3,(H,24,25)(H,19,20,21). The van der Waals surface area contributed by atoms with Crippen LogP contribution < -0.4 is 0 Å². The van der Waals surface area contributed by atoms with E-state index in [1.807, 2.05) is 6.07 Å². The second kappa shape index (κ2) is 6.52. The number of aromatic amines is 1. The zero-order chi connectivity index (χ0) is 18.0. The molecule has 0 spiro atoms. The lowest BCUT2D eigenvalue weighted by molar-refractivity contribution is 0.0690. The third-order valence-electron chi connectivity index (χ3n) is 3.61. The number of hydrogen-bond acceptors (Lipinski definition) is 5. The number of carbonyl (C=O) groups is 2. The number of carboxylic acids is 1. The van der Waals surface area contributed by atoms with E-state index >= 15 is 0 Å². The molecule has 2 N–H and O–H groups in total. The molecule has 0 saturated heterocycles. The fourth-order valence-corrected chi connectivity index (χ4v) is 2.35. The minimum Gasteiger partial charge on any atom is -0.476 e. The molecule has 8 nitrogen and oxygen atoms in total. The highest BCUT2D eigenvalue weighted by Crippen LogP contribution is 2.23. The van der Waals surface area contributed by atoms with Gasteiger partial charge in [-0.1, -0.05) is 18.2 Å². The Labute approximate surface area is 143 Å². The van der Waals surface area contributed by atoms with E-state index in [2.05, 4.69) is 20.4 Å². The summed E-state index contributed by atoms with van der Waals surface area (Å²) in [6, 6.07) is 10.7. The summed E-state index contributed by atoms with van der Waals surface area (Å²) in [5.41, 5.74) is 2.61. The smallest absolute Gasteiger partial charge is 0.358 e. The number of H-pyrrole nitrogens is 1. The summed E-state index contributed by atoms with van der Waals surface area (Å²) in [7, 11) is 3.40. The van der Waals surface area contributed by atoms with Crippen LogP contribution in [0.4, 0.5) is 0 Å². The van der Waals surface area contributed by atoms with Gasteiger partial charge in [-0.15, -0.1) is 5.10 Å². The topological polar surface area (TPSA) is 112 Å². The van der Waals surface area contributed by atoms with Gasteiger partial charge >= 0.3 is 5.97 Å². The summed E-state index contributed by atoms with van der Waals surface area (Å²) in [5.74, 6) is -1.26. The van der Waals surface area contributed by atoms with Crippen molar-refractivity contribution >= 4 is 11.9 Å². The number of nitrogens with zero attached hydrogens (tertiary/aromatic N) is 4. The van der Waals surface area contributed by atoms with Crippen LogP contribution >= 0.6 is 0 Å². The molecule has 3 aromatic rings. The lowest BCUT2D eigenvalue weighted by atomic mass is 10.0. The molecule has 2 heterocycles. The van der Waals surface area contributed by atoms with Crippen LogP contribution in [0, 0.1) is 0 Å². The van der Waals surface area contributed by atoms with E-state index < -0.39 is 5.97 Å². The minimum atomic E-state index is -1.18. The molecule has 0 unspecified atom stereocenters. The van der Waals surface area contributed by atoms with E-state index in [0.29, 0.717) is 11.3 Å². The van der Waals surface area contributed by atoms with Gasteiger partial charge in [0.25, 0.3) is 5.91 Å². The molecular formula is C17H15N5O3. The molecule has 0 bridgehead atoms. The van der Waals surface area contributed by atoms with E-state index in [4.69, 9.17) is 5.11 Å². The molecule has 0 aliphatic rings. The molecule has 0 atom stereocenters. The van der Waals surface area contributed by atoms with Crippen molar-refractivity contribution in [2.24, 2.45) is 0 Å². The zero-order valence-corrected chi connectivity index (χ0v) is 13.6. The Morgan fingerprint density at radius 1 is 1.08 bits per heavy atom. The van der Waals surface area contributed by atoms with Gasteiger partial charge < -0.3 is 10.0 Å². The number of amides is 1. The number of benzene rings is 1. The van der Waals surface area contributed by atoms with Gasteiger partial charge in [-0.05, 0) is 23.8 Å².